The van der Waals surface area contributed by atoms with E-state index >= 15 is 0 Å². The fourth-order valence-corrected chi connectivity index (χ4v) is 4.27. The molecule has 1 atom stereocenters. The lowest BCUT2D eigenvalue weighted by Crippen LogP contribution is -2.54. The van der Waals surface area contributed by atoms with Crippen LogP contribution in [0.2, 0.25) is 0 Å². The summed E-state index contributed by atoms with van der Waals surface area (Å²) in [5, 5.41) is 4.24. The molecule has 0 radical (unpaired) electrons. The van der Waals surface area contributed by atoms with E-state index in [4.69, 9.17) is 4.74 Å². The van der Waals surface area contributed by atoms with Gasteiger partial charge < -0.3 is 19.9 Å². The molecule has 2 heterocycles. The van der Waals surface area contributed by atoms with Crippen molar-refractivity contribution in [1.29, 1.82) is 0 Å². The second kappa shape index (κ2) is 7.02. The summed E-state index contributed by atoms with van der Waals surface area (Å²) in [4.78, 5) is 30.3. The average molecular weight is 355 g/mol. The molecule has 138 valence electrons. The highest BCUT2D eigenvalue weighted by Crippen LogP contribution is 2.31. The number of benzene rings is 1. The number of nitrogens with zero attached hydrogens (tertiary/aromatic N) is 1. The topological polar surface area (TPSA) is 74.4 Å². The van der Waals surface area contributed by atoms with Crippen molar-refractivity contribution in [2.75, 3.05) is 7.11 Å². The minimum absolute atomic E-state index is 0.170. The van der Waals surface area contributed by atoms with E-state index in [1.54, 1.807) is 4.90 Å². The number of nitrogens with one attached hydrogen (secondary N) is 2. The Hall–Kier alpha value is -2.50. The molecule has 0 bridgehead atoms. The predicted molar refractivity (Wildman–Crippen MR) is 98.8 cm³/mol. The largest absolute Gasteiger partial charge is 0.467 e. The molecular formula is C20H25N3O3. The Morgan fingerprint density at radius 2 is 1.96 bits per heavy atom. The fraction of sp³-hybridized carbons (Fsp3) is 0.500. The van der Waals surface area contributed by atoms with Crippen molar-refractivity contribution in [3.8, 4) is 0 Å². The normalized spacial score (nSPS) is 20.7. The molecule has 4 rings (SSSR count). The zero-order valence-electron chi connectivity index (χ0n) is 15.1. The Balaban J connectivity index is 1.61. The van der Waals surface area contributed by atoms with Gasteiger partial charge in [0.1, 0.15) is 6.04 Å². The van der Waals surface area contributed by atoms with Crippen molar-refractivity contribution >= 4 is 22.9 Å². The van der Waals surface area contributed by atoms with Gasteiger partial charge in [-0.15, -0.1) is 0 Å². The Bertz CT molecular complexity index is 823. The number of fused-ring (bicyclic) bond motifs is 3. The number of H-pyrrole nitrogens is 1. The average Bonchev–Trinajstić information content (AvgIpc) is 3.04. The lowest BCUT2D eigenvalue weighted by molar-refractivity contribution is -0.146. The monoisotopic (exact) mass is 355 g/mol. The summed E-state index contributed by atoms with van der Waals surface area (Å²) in [6.07, 6.45) is 6.04. The minimum atomic E-state index is -0.588. The summed E-state index contributed by atoms with van der Waals surface area (Å²) in [5.41, 5.74) is 3.15. The van der Waals surface area contributed by atoms with Crippen LogP contribution in [0.4, 0.5) is 4.79 Å². The summed E-state index contributed by atoms with van der Waals surface area (Å²) in [5.74, 6) is -0.361. The van der Waals surface area contributed by atoms with Gasteiger partial charge in [0.25, 0.3) is 0 Å². The van der Waals surface area contributed by atoms with Gasteiger partial charge in [-0.2, -0.15) is 0 Å². The molecule has 1 aromatic heterocycles. The van der Waals surface area contributed by atoms with Crippen LogP contribution in [0.25, 0.3) is 10.9 Å². The zero-order chi connectivity index (χ0) is 18.1. The summed E-state index contributed by atoms with van der Waals surface area (Å²) in [6, 6.07) is 7.50. The molecule has 0 saturated heterocycles. The van der Waals surface area contributed by atoms with E-state index < -0.39 is 6.04 Å². The molecule has 1 saturated carbocycles. The van der Waals surface area contributed by atoms with Crippen molar-refractivity contribution in [2.45, 2.75) is 57.2 Å². The summed E-state index contributed by atoms with van der Waals surface area (Å²) < 4.78 is 4.99. The highest BCUT2D eigenvalue weighted by atomic mass is 16.5. The second-order valence-corrected chi connectivity index (χ2v) is 7.28. The minimum Gasteiger partial charge on any atom is -0.467 e. The van der Waals surface area contributed by atoms with Gasteiger partial charge in [0.2, 0.25) is 0 Å². The van der Waals surface area contributed by atoms with E-state index in [-0.39, 0.29) is 18.0 Å². The first kappa shape index (κ1) is 16.9. The first-order chi connectivity index (χ1) is 12.7. The van der Waals surface area contributed by atoms with Crippen molar-refractivity contribution in [3.05, 3.63) is 35.5 Å². The molecule has 2 amide bonds. The van der Waals surface area contributed by atoms with Gasteiger partial charge in [-0.3, -0.25) is 0 Å². The van der Waals surface area contributed by atoms with Crippen LogP contribution in [-0.4, -0.2) is 41.1 Å². The number of carbonyl (C=O) groups is 2. The van der Waals surface area contributed by atoms with E-state index in [1.165, 1.54) is 13.5 Å². The summed E-state index contributed by atoms with van der Waals surface area (Å²) in [7, 11) is 1.38. The first-order valence-corrected chi connectivity index (χ1v) is 9.41. The Morgan fingerprint density at radius 1 is 1.19 bits per heavy atom. The number of hydrogen-bond acceptors (Lipinski definition) is 3. The third-order valence-electron chi connectivity index (χ3n) is 5.67. The molecule has 0 unspecified atom stereocenters. The third kappa shape index (κ3) is 3.04. The van der Waals surface area contributed by atoms with Crippen LogP contribution < -0.4 is 5.32 Å². The Morgan fingerprint density at radius 3 is 2.73 bits per heavy atom. The van der Waals surface area contributed by atoms with Crippen LogP contribution in [0.1, 0.15) is 43.4 Å². The molecule has 2 aliphatic rings. The molecule has 26 heavy (non-hydrogen) atoms. The van der Waals surface area contributed by atoms with E-state index in [1.807, 2.05) is 18.2 Å². The highest BCUT2D eigenvalue weighted by Gasteiger charge is 2.37. The van der Waals surface area contributed by atoms with Gasteiger partial charge in [0, 0.05) is 29.1 Å². The number of para-hydroxylation sites is 1. The van der Waals surface area contributed by atoms with E-state index in [2.05, 4.69) is 16.4 Å². The molecule has 1 aliphatic carbocycles. The number of esters is 1. The molecule has 2 N–H and O–H groups in total. The maximum Gasteiger partial charge on any atom is 0.329 e. The van der Waals surface area contributed by atoms with Crippen LogP contribution in [-0.2, 0) is 22.5 Å². The third-order valence-corrected chi connectivity index (χ3v) is 5.67. The number of amides is 2. The van der Waals surface area contributed by atoms with E-state index in [9.17, 15) is 9.59 Å². The number of carbonyl (C=O) groups excluding carboxylic acids is 2. The van der Waals surface area contributed by atoms with Gasteiger partial charge in [0.15, 0.2) is 0 Å². The Labute approximate surface area is 152 Å². The molecule has 1 aromatic carbocycles. The first-order valence-electron chi connectivity index (χ1n) is 9.41. The van der Waals surface area contributed by atoms with Crippen LogP contribution in [0.3, 0.4) is 0 Å². The molecule has 6 heteroatoms. The maximum atomic E-state index is 12.9. The van der Waals surface area contributed by atoms with Gasteiger partial charge in [-0.25, -0.2) is 9.59 Å². The molecule has 1 fully saturated rings. The highest BCUT2D eigenvalue weighted by molar-refractivity contribution is 5.89. The zero-order valence-corrected chi connectivity index (χ0v) is 15.1. The van der Waals surface area contributed by atoms with Crippen LogP contribution >= 0.6 is 0 Å². The SMILES string of the molecule is COC(=O)[C@@H]1Cc2c([nH]c3ccccc23)CN1C(=O)NC1CCCCC1. The number of aromatic amines is 1. The number of aromatic nitrogens is 1. The summed E-state index contributed by atoms with van der Waals surface area (Å²) >= 11 is 0. The van der Waals surface area contributed by atoms with Crippen LogP contribution in [0.15, 0.2) is 24.3 Å². The Kier molecular flexibility index (Phi) is 4.57. The lowest BCUT2D eigenvalue weighted by atomic mass is 9.95. The molecule has 0 spiro atoms. The predicted octanol–water partition coefficient (Wildman–Crippen LogP) is 3.11. The number of methoxy groups -OCH3 is 1. The van der Waals surface area contributed by atoms with Gasteiger partial charge in [-0.1, -0.05) is 37.5 Å². The van der Waals surface area contributed by atoms with Crippen molar-refractivity contribution in [1.82, 2.24) is 15.2 Å². The van der Waals surface area contributed by atoms with E-state index in [0.717, 1.165) is 47.8 Å². The summed E-state index contributed by atoms with van der Waals surface area (Å²) in [6.45, 7) is 0.391. The fourth-order valence-electron chi connectivity index (χ4n) is 4.27. The second-order valence-electron chi connectivity index (χ2n) is 7.28. The van der Waals surface area contributed by atoms with Gasteiger partial charge in [0.05, 0.1) is 13.7 Å². The number of ether oxygens (including phenoxy) is 1. The van der Waals surface area contributed by atoms with Crippen molar-refractivity contribution in [2.24, 2.45) is 0 Å². The number of rotatable bonds is 2. The van der Waals surface area contributed by atoms with Crippen molar-refractivity contribution < 1.29 is 14.3 Å². The van der Waals surface area contributed by atoms with Gasteiger partial charge >= 0.3 is 12.0 Å². The van der Waals surface area contributed by atoms with Gasteiger partial charge in [-0.05, 0) is 24.5 Å². The smallest absolute Gasteiger partial charge is 0.329 e. The number of urea groups is 1. The standard InChI is InChI=1S/C20H25N3O3/c1-26-19(24)18-11-15-14-9-5-6-10-16(14)22-17(15)12-23(18)20(25)21-13-7-3-2-4-8-13/h5-6,9-10,13,18,22H,2-4,7-8,11-12H2,1H3,(H,21,25)/t18-/m0/s1. The molecule has 6 nitrogen and oxygen atoms in total. The van der Waals surface area contributed by atoms with E-state index in [0.29, 0.717) is 13.0 Å². The van der Waals surface area contributed by atoms with Crippen LogP contribution in [0.5, 0.6) is 0 Å². The lowest BCUT2D eigenvalue weighted by Gasteiger charge is -2.35. The molecule has 1 aliphatic heterocycles. The molecular weight excluding hydrogens is 330 g/mol. The van der Waals surface area contributed by atoms with Crippen molar-refractivity contribution in [3.63, 3.8) is 0 Å². The number of hydrogen-bond donors (Lipinski definition) is 2. The maximum absolute atomic E-state index is 12.9. The molecule has 2 aromatic rings. The quantitative estimate of drug-likeness (QED) is 0.813. The van der Waals surface area contributed by atoms with Crippen LogP contribution in [0, 0.1) is 0 Å².